The Morgan fingerprint density at radius 3 is 2.75 bits per heavy atom. The first-order chi connectivity index (χ1) is 3.93. The Kier molecular flexibility index (Phi) is 2.18. The Hall–Kier alpha value is -0.210. The molecule has 2 heteroatoms. The maximum absolute atomic E-state index is 8.46. The van der Waals surface area contributed by atoms with Crippen molar-refractivity contribution in [1.29, 1.82) is 0 Å². The van der Waals surface area contributed by atoms with E-state index in [1.54, 1.807) is 6.08 Å². The molecule has 0 amide bonds. The van der Waals surface area contributed by atoms with Gasteiger partial charge in [0.05, 0.1) is 5.25 Å². The van der Waals surface area contributed by atoms with Crippen LogP contribution < -0.4 is 0 Å². The maximum Gasteiger partial charge on any atom is 0.0600 e. The summed E-state index contributed by atoms with van der Waals surface area (Å²) in [6.07, 6.45) is 10.4. The first-order valence-electron chi connectivity index (χ1n) is 2.33. The van der Waals surface area contributed by atoms with E-state index < -0.39 is 0 Å². The lowest BCUT2D eigenvalue weighted by atomic mass is 10.2. The molecule has 0 spiro atoms. The first-order valence-corrected chi connectivity index (χ1v) is 3.17. The standard InChI is InChI=1S/C6H6OS/c7-8-6-4-2-1-3-5-6/h1-4,6-7H. The second-order valence-corrected chi connectivity index (χ2v) is 2.16. The maximum atomic E-state index is 8.46. The highest BCUT2D eigenvalue weighted by Crippen LogP contribution is 2.14. The fourth-order valence-electron chi connectivity index (χ4n) is 0.492. The van der Waals surface area contributed by atoms with E-state index in [9.17, 15) is 0 Å². The van der Waals surface area contributed by atoms with Crippen molar-refractivity contribution >= 4 is 12.0 Å². The van der Waals surface area contributed by atoms with E-state index in [1.165, 1.54) is 0 Å². The van der Waals surface area contributed by atoms with Crippen molar-refractivity contribution in [2.45, 2.75) is 5.25 Å². The molecule has 1 aliphatic rings. The highest BCUT2D eigenvalue weighted by atomic mass is 32.2. The first kappa shape index (κ1) is 5.92. The van der Waals surface area contributed by atoms with Gasteiger partial charge in [0, 0.05) is 6.42 Å². The van der Waals surface area contributed by atoms with Gasteiger partial charge in [-0.25, -0.2) is 0 Å². The number of hydrogen-bond donors (Lipinski definition) is 1. The topological polar surface area (TPSA) is 20.2 Å². The van der Waals surface area contributed by atoms with Gasteiger partial charge in [0.1, 0.15) is 0 Å². The lowest BCUT2D eigenvalue weighted by molar-refractivity contribution is 0.660. The van der Waals surface area contributed by atoms with Crippen LogP contribution in [0.25, 0.3) is 0 Å². The van der Waals surface area contributed by atoms with E-state index in [4.69, 9.17) is 4.55 Å². The molecule has 0 saturated heterocycles. The summed E-state index contributed by atoms with van der Waals surface area (Å²) >= 11 is 0.797. The Morgan fingerprint density at radius 2 is 2.38 bits per heavy atom. The van der Waals surface area contributed by atoms with Crippen molar-refractivity contribution in [3.8, 4) is 0 Å². The predicted octanol–water partition coefficient (Wildman–Crippen LogP) is 1.77. The second kappa shape index (κ2) is 2.95. The summed E-state index contributed by atoms with van der Waals surface area (Å²) in [7, 11) is 0. The van der Waals surface area contributed by atoms with Crippen molar-refractivity contribution in [2.24, 2.45) is 0 Å². The summed E-state index contributed by atoms with van der Waals surface area (Å²) in [4.78, 5) is 0. The Labute approximate surface area is 53.3 Å². The molecule has 1 nitrogen and oxygen atoms in total. The van der Waals surface area contributed by atoms with Crippen molar-refractivity contribution in [2.75, 3.05) is 0 Å². The summed E-state index contributed by atoms with van der Waals surface area (Å²) in [5.41, 5.74) is 0. The molecule has 0 aromatic rings. The van der Waals surface area contributed by atoms with Gasteiger partial charge in [-0.1, -0.05) is 24.3 Å². The van der Waals surface area contributed by atoms with Gasteiger partial charge < -0.3 is 4.55 Å². The number of allylic oxidation sites excluding steroid dienone is 3. The minimum Gasteiger partial charge on any atom is -0.329 e. The molecular formula is C6H6OS. The van der Waals surface area contributed by atoms with Crippen molar-refractivity contribution < 1.29 is 4.55 Å². The average Bonchev–Trinajstić information content (AvgIpc) is 1.90. The molecule has 0 aromatic carbocycles. The molecule has 1 rings (SSSR count). The van der Waals surface area contributed by atoms with Crippen LogP contribution >= 0.6 is 12.0 Å². The highest BCUT2D eigenvalue weighted by molar-refractivity contribution is 7.94. The van der Waals surface area contributed by atoms with E-state index >= 15 is 0 Å². The van der Waals surface area contributed by atoms with Crippen LogP contribution in [0, 0.1) is 6.42 Å². The zero-order chi connectivity index (χ0) is 5.82. The van der Waals surface area contributed by atoms with Crippen LogP contribution in [0.2, 0.25) is 0 Å². The molecule has 1 atom stereocenters. The fraction of sp³-hybridized carbons (Fsp3) is 0.167. The second-order valence-electron chi connectivity index (χ2n) is 1.44. The van der Waals surface area contributed by atoms with Gasteiger partial charge >= 0.3 is 0 Å². The minimum atomic E-state index is 0.0417. The smallest absolute Gasteiger partial charge is 0.0600 e. The molecular weight excluding hydrogens is 120 g/mol. The van der Waals surface area contributed by atoms with Crippen molar-refractivity contribution in [3.63, 3.8) is 0 Å². The molecule has 42 valence electrons. The lowest BCUT2D eigenvalue weighted by Crippen LogP contribution is -1.97. The van der Waals surface area contributed by atoms with Crippen LogP contribution in [0.4, 0.5) is 0 Å². The summed E-state index contributed by atoms with van der Waals surface area (Å²) < 4.78 is 8.46. The molecule has 0 saturated carbocycles. The van der Waals surface area contributed by atoms with Crippen molar-refractivity contribution in [1.82, 2.24) is 0 Å². The Morgan fingerprint density at radius 1 is 1.50 bits per heavy atom. The van der Waals surface area contributed by atoms with Crippen molar-refractivity contribution in [3.05, 3.63) is 30.7 Å². The third kappa shape index (κ3) is 1.39. The molecule has 1 unspecified atom stereocenters. The molecule has 8 heavy (non-hydrogen) atoms. The number of rotatable bonds is 1. The normalized spacial score (nSPS) is 26.4. The van der Waals surface area contributed by atoms with Gasteiger partial charge in [-0.3, -0.25) is 0 Å². The predicted molar refractivity (Wildman–Crippen MR) is 35.5 cm³/mol. The zero-order valence-corrected chi connectivity index (χ0v) is 5.06. The fourth-order valence-corrected chi connectivity index (χ4v) is 0.793. The molecule has 0 aliphatic heterocycles. The third-order valence-corrected chi connectivity index (χ3v) is 1.39. The van der Waals surface area contributed by atoms with Gasteiger partial charge in [-0.15, -0.1) is 0 Å². The van der Waals surface area contributed by atoms with Gasteiger partial charge in [0.2, 0.25) is 0 Å². The summed E-state index contributed by atoms with van der Waals surface area (Å²) in [6.45, 7) is 0. The van der Waals surface area contributed by atoms with E-state index in [1.807, 2.05) is 18.2 Å². The van der Waals surface area contributed by atoms with Gasteiger partial charge in [-0.05, 0) is 12.0 Å². The minimum absolute atomic E-state index is 0.0417. The average molecular weight is 126 g/mol. The molecule has 0 aromatic heterocycles. The van der Waals surface area contributed by atoms with E-state index in [-0.39, 0.29) is 5.25 Å². The molecule has 1 aliphatic carbocycles. The highest BCUT2D eigenvalue weighted by Gasteiger charge is 2.02. The lowest BCUT2D eigenvalue weighted by Gasteiger charge is -2.04. The molecule has 2 radical (unpaired) electrons. The van der Waals surface area contributed by atoms with Crippen LogP contribution in [-0.2, 0) is 0 Å². The number of hydrogen-bond acceptors (Lipinski definition) is 2. The van der Waals surface area contributed by atoms with Crippen LogP contribution in [-0.4, -0.2) is 9.80 Å². The SMILES string of the molecule is OSC1[C]C=CC=C1. The molecule has 0 fully saturated rings. The quantitative estimate of drug-likeness (QED) is 0.540. The van der Waals surface area contributed by atoms with Gasteiger partial charge in [0.25, 0.3) is 0 Å². The monoisotopic (exact) mass is 126 g/mol. The Balaban J connectivity index is 2.40. The zero-order valence-electron chi connectivity index (χ0n) is 4.24. The van der Waals surface area contributed by atoms with Gasteiger partial charge in [-0.2, -0.15) is 0 Å². The molecule has 0 heterocycles. The molecule has 1 N–H and O–H groups in total. The van der Waals surface area contributed by atoms with E-state index in [0.29, 0.717) is 0 Å². The van der Waals surface area contributed by atoms with Crippen LogP contribution in [0.1, 0.15) is 0 Å². The van der Waals surface area contributed by atoms with E-state index in [0.717, 1.165) is 12.0 Å². The summed E-state index contributed by atoms with van der Waals surface area (Å²) in [6, 6.07) is 0. The van der Waals surface area contributed by atoms with Crippen LogP contribution in [0.15, 0.2) is 24.3 Å². The van der Waals surface area contributed by atoms with Crippen LogP contribution in [0.5, 0.6) is 0 Å². The summed E-state index contributed by atoms with van der Waals surface area (Å²) in [5, 5.41) is 0.0417. The summed E-state index contributed by atoms with van der Waals surface area (Å²) in [5.74, 6) is 0. The van der Waals surface area contributed by atoms with Crippen LogP contribution in [0.3, 0.4) is 0 Å². The Bertz CT molecular complexity index is 118. The largest absolute Gasteiger partial charge is 0.329 e. The molecule has 0 bridgehead atoms. The van der Waals surface area contributed by atoms with E-state index in [2.05, 4.69) is 6.42 Å². The third-order valence-electron chi connectivity index (χ3n) is 0.867. The van der Waals surface area contributed by atoms with Gasteiger partial charge in [0.15, 0.2) is 0 Å².